The predicted octanol–water partition coefficient (Wildman–Crippen LogP) is 2.75. The van der Waals surface area contributed by atoms with Gasteiger partial charge in [-0.25, -0.2) is 0 Å². The monoisotopic (exact) mass is 252 g/mol. The van der Waals surface area contributed by atoms with Crippen molar-refractivity contribution in [2.24, 2.45) is 0 Å². The largest absolute Gasteiger partial charge is 0.310 e. The lowest BCUT2D eigenvalue weighted by Crippen LogP contribution is -2.47. The zero-order valence-electron chi connectivity index (χ0n) is 11.2. The summed E-state index contributed by atoms with van der Waals surface area (Å²) in [4.78, 5) is 4.15. The molecule has 0 spiro atoms. The van der Waals surface area contributed by atoms with Crippen molar-refractivity contribution in [3.8, 4) is 0 Å². The van der Waals surface area contributed by atoms with Crippen molar-refractivity contribution >= 4 is 11.3 Å². The Labute approximate surface area is 109 Å². The quantitative estimate of drug-likeness (QED) is 0.890. The van der Waals surface area contributed by atoms with Crippen LogP contribution in [0.15, 0.2) is 17.5 Å². The summed E-state index contributed by atoms with van der Waals surface area (Å²) in [6, 6.07) is 5.10. The van der Waals surface area contributed by atoms with Gasteiger partial charge in [-0.15, -0.1) is 11.3 Å². The first-order valence-corrected chi connectivity index (χ1v) is 7.46. The Morgan fingerprint density at radius 3 is 3.06 bits per heavy atom. The maximum absolute atomic E-state index is 3.64. The van der Waals surface area contributed by atoms with Gasteiger partial charge in [0.1, 0.15) is 0 Å². The van der Waals surface area contributed by atoms with Crippen molar-refractivity contribution in [3.63, 3.8) is 0 Å². The molecule has 0 amide bonds. The fraction of sp³-hybridized carbons (Fsp3) is 0.714. The van der Waals surface area contributed by atoms with Crippen LogP contribution < -0.4 is 5.32 Å². The average molecular weight is 252 g/mol. The second-order valence-corrected chi connectivity index (χ2v) is 6.78. The van der Waals surface area contributed by atoms with Gasteiger partial charge in [-0.2, -0.15) is 0 Å². The Morgan fingerprint density at radius 1 is 1.53 bits per heavy atom. The topological polar surface area (TPSA) is 15.3 Å². The first kappa shape index (κ1) is 13.1. The highest BCUT2D eigenvalue weighted by Gasteiger charge is 2.27. The van der Waals surface area contributed by atoms with E-state index < -0.39 is 0 Å². The highest BCUT2D eigenvalue weighted by molar-refractivity contribution is 7.09. The standard InChI is InChI=1S/C14H24N2S/c1-12-6-8-15-14(2,3)11-16(12)9-7-13-5-4-10-17-13/h4-5,10,12,15H,6-9,11H2,1-3H3. The van der Waals surface area contributed by atoms with Gasteiger partial charge in [0.15, 0.2) is 0 Å². The van der Waals surface area contributed by atoms with Gasteiger partial charge in [-0.05, 0) is 51.6 Å². The van der Waals surface area contributed by atoms with Crippen molar-refractivity contribution in [1.29, 1.82) is 0 Å². The van der Waals surface area contributed by atoms with Crippen molar-refractivity contribution < 1.29 is 0 Å². The van der Waals surface area contributed by atoms with Crippen LogP contribution in [-0.4, -0.2) is 36.1 Å². The molecule has 96 valence electrons. The summed E-state index contributed by atoms with van der Waals surface area (Å²) >= 11 is 1.88. The zero-order valence-corrected chi connectivity index (χ0v) is 12.0. The minimum absolute atomic E-state index is 0.250. The average Bonchev–Trinajstić information content (AvgIpc) is 2.72. The molecule has 2 heterocycles. The summed E-state index contributed by atoms with van der Waals surface area (Å²) in [5.41, 5.74) is 0.250. The number of nitrogens with one attached hydrogen (secondary N) is 1. The molecule has 2 nitrogen and oxygen atoms in total. The Bertz CT molecular complexity index is 332. The van der Waals surface area contributed by atoms with E-state index in [4.69, 9.17) is 0 Å². The fourth-order valence-electron chi connectivity index (χ4n) is 2.53. The molecule has 3 heteroatoms. The lowest BCUT2D eigenvalue weighted by atomic mass is 10.1. The van der Waals surface area contributed by atoms with Crippen LogP contribution in [-0.2, 0) is 6.42 Å². The minimum atomic E-state index is 0.250. The predicted molar refractivity (Wildman–Crippen MR) is 75.8 cm³/mol. The van der Waals surface area contributed by atoms with E-state index in [9.17, 15) is 0 Å². The van der Waals surface area contributed by atoms with Crippen LogP contribution in [0.5, 0.6) is 0 Å². The molecule has 2 rings (SSSR count). The molecule has 1 N–H and O–H groups in total. The normalized spacial score (nSPS) is 25.7. The van der Waals surface area contributed by atoms with Crippen molar-refractivity contribution in [2.75, 3.05) is 19.6 Å². The molecule has 1 aliphatic heterocycles. The van der Waals surface area contributed by atoms with Gasteiger partial charge in [0.05, 0.1) is 0 Å². The van der Waals surface area contributed by atoms with Crippen LogP contribution in [0.2, 0.25) is 0 Å². The third-order valence-corrected chi connectivity index (χ3v) is 4.55. The molecule has 0 saturated carbocycles. The SMILES string of the molecule is CC1CCNC(C)(C)CN1CCc1cccs1. The Morgan fingerprint density at radius 2 is 2.35 bits per heavy atom. The van der Waals surface area contributed by atoms with Gasteiger partial charge in [0.25, 0.3) is 0 Å². The van der Waals surface area contributed by atoms with E-state index in [1.807, 2.05) is 11.3 Å². The molecule has 1 aromatic heterocycles. The number of nitrogens with zero attached hydrogens (tertiary/aromatic N) is 1. The molecular weight excluding hydrogens is 228 g/mol. The molecule has 1 aromatic rings. The highest BCUT2D eigenvalue weighted by Crippen LogP contribution is 2.17. The molecule has 0 aromatic carbocycles. The molecule has 17 heavy (non-hydrogen) atoms. The number of hydrogen-bond donors (Lipinski definition) is 1. The third kappa shape index (κ3) is 3.80. The van der Waals surface area contributed by atoms with Crippen LogP contribution >= 0.6 is 11.3 Å². The number of thiophene rings is 1. The van der Waals surface area contributed by atoms with E-state index in [-0.39, 0.29) is 5.54 Å². The summed E-state index contributed by atoms with van der Waals surface area (Å²) in [6.07, 6.45) is 2.45. The van der Waals surface area contributed by atoms with Crippen LogP contribution in [0.3, 0.4) is 0 Å². The third-order valence-electron chi connectivity index (χ3n) is 3.61. The summed E-state index contributed by atoms with van der Waals surface area (Å²) in [5.74, 6) is 0. The van der Waals surface area contributed by atoms with Crippen LogP contribution in [0.1, 0.15) is 32.1 Å². The van der Waals surface area contributed by atoms with E-state index in [2.05, 4.69) is 48.5 Å². The first-order chi connectivity index (χ1) is 8.07. The van der Waals surface area contributed by atoms with Gasteiger partial charge in [-0.1, -0.05) is 6.07 Å². The Balaban J connectivity index is 1.92. The number of rotatable bonds is 3. The Hall–Kier alpha value is -0.380. The summed E-state index contributed by atoms with van der Waals surface area (Å²) in [6.45, 7) is 10.5. The molecule has 1 saturated heterocycles. The van der Waals surface area contributed by atoms with E-state index in [1.54, 1.807) is 0 Å². The van der Waals surface area contributed by atoms with Crippen molar-refractivity contribution in [3.05, 3.63) is 22.4 Å². The van der Waals surface area contributed by atoms with E-state index in [0.717, 1.165) is 13.1 Å². The van der Waals surface area contributed by atoms with Gasteiger partial charge in [0.2, 0.25) is 0 Å². The lowest BCUT2D eigenvalue weighted by Gasteiger charge is -2.32. The minimum Gasteiger partial charge on any atom is -0.310 e. The van der Waals surface area contributed by atoms with Crippen molar-refractivity contribution in [1.82, 2.24) is 10.2 Å². The van der Waals surface area contributed by atoms with E-state index >= 15 is 0 Å². The molecule has 0 aliphatic carbocycles. The summed E-state index contributed by atoms with van der Waals surface area (Å²) in [5, 5.41) is 5.81. The van der Waals surface area contributed by atoms with Crippen molar-refractivity contribution in [2.45, 2.75) is 45.2 Å². The zero-order chi connectivity index (χ0) is 12.3. The molecule has 0 radical (unpaired) electrons. The molecule has 0 bridgehead atoms. The summed E-state index contributed by atoms with van der Waals surface area (Å²) in [7, 11) is 0. The second-order valence-electron chi connectivity index (χ2n) is 5.75. The van der Waals surface area contributed by atoms with Gasteiger partial charge in [0, 0.05) is 29.5 Å². The lowest BCUT2D eigenvalue weighted by molar-refractivity contribution is 0.183. The van der Waals surface area contributed by atoms with E-state index in [0.29, 0.717) is 6.04 Å². The molecule has 1 aliphatic rings. The maximum atomic E-state index is 3.64. The van der Waals surface area contributed by atoms with Crippen LogP contribution in [0, 0.1) is 0 Å². The maximum Gasteiger partial charge on any atom is 0.0252 e. The smallest absolute Gasteiger partial charge is 0.0252 e. The molecule has 1 unspecified atom stereocenters. The fourth-order valence-corrected chi connectivity index (χ4v) is 3.23. The Kier molecular flexibility index (Phi) is 4.23. The van der Waals surface area contributed by atoms with E-state index in [1.165, 1.54) is 24.3 Å². The summed E-state index contributed by atoms with van der Waals surface area (Å²) < 4.78 is 0. The highest BCUT2D eigenvalue weighted by atomic mass is 32.1. The van der Waals surface area contributed by atoms with Gasteiger partial charge in [-0.3, -0.25) is 4.90 Å². The molecule has 1 atom stereocenters. The number of hydrogen-bond acceptors (Lipinski definition) is 3. The first-order valence-electron chi connectivity index (χ1n) is 6.58. The van der Waals surface area contributed by atoms with Crippen LogP contribution in [0.25, 0.3) is 0 Å². The van der Waals surface area contributed by atoms with Gasteiger partial charge >= 0.3 is 0 Å². The van der Waals surface area contributed by atoms with Crippen LogP contribution in [0.4, 0.5) is 0 Å². The molecular formula is C14H24N2S. The second kappa shape index (κ2) is 5.51. The molecule has 1 fully saturated rings. The van der Waals surface area contributed by atoms with Gasteiger partial charge < -0.3 is 5.32 Å².